The maximum atomic E-state index is 12.3. The van der Waals surface area contributed by atoms with E-state index in [1.54, 1.807) is 11.8 Å². The zero-order valence-electron chi connectivity index (χ0n) is 12.8. The number of nitrogens with zero attached hydrogens (tertiary/aromatic N) is 2. The number of aromatic nitrogens is 1. The molecule has 0 unspecified atom stereocenters. The minimum atomic E-state index is -0.338. The Balaban J connectivity index is 1.91. The predicted octanol–water partition coefficient (Wildman–Crippen LogP) is 1.78. The minimum absolute atomic E-state index is 0.00875. The first-order chi connectivity index (χ1) is 10.0. The van der Waals surface area contributed by atoms with Crippen molar-refractivity contribution >= 4 is 11.9 Å². The molecule has 1 amide bonds. The maximum Gasteiger partial charge on any atom is 0.325 e. The highest BCUT2D eigenvalue weighted by atomic mass is 16.5. The molecule has 21 heavy (non-hydrogen) atoms. The molecular formula is C15H22N2O4. The molecule has 0 N–H and O–H groups in total. The summed E-state index contributed by atoms with van der Waals surface area (Å²) in [5.74, 6) is 0.407. The van der Waals surface area contributed by atoms with Crippen LogP contribution in [-0.2, 0) is 20.7 Å². The lowest BCUT2D eigenvalue weighted by molar-refractivity contribution is -0.149. The molecule has 116 valence electrons. The van der Waals surface area contributed by atoms with Gasteiger partial charge < -0.3 is 14.2 Å². The summed E-state index contributed by atoms with van der Waals surface area (Å²) < 4.78 is 10.0. The number of rotatable bonds is 7. The fraction of sp³-hybridized carbons (Fsp3) is 0.667. The standard InChI is InChI=1S/C15H22N2O4/c1-4-20-15(19)9-17(12-5-6-12)14(18)8-7-13-10(2)16-21-11(13)3/h12H,4-9H2,1-3H3. The zero-order valence-corrected chi connectivity index (χ0v) is 12.8. The van der Waals surface area contributed by atoms with E-state index < -0.39 is 0 Å². The normalized spacial score (nSPS) is 14.0. The molecule has 0 bridgehead atoms. The highest BCUT2D eigenvalue weighted by Gasteiger charge is 2.34. The van der Waals surface area contributed by atoms with Crippen LogP contribution in [0, 0.1) is 13.8 Å². The van der Waals surface area contributed by atoms with Crippen molar-refractivity contribution in [1.29, 1.82) is 0 Å². The van der Waals surface area contributed by atoms with Crippen LogP contribution in [0.5, 0.6) is 0 Å². The summed E-state index contributed by atoms with van der Waals surface area (Å²) in [5, 5.41) is 3.89. The molecule has 1 aliphatic carbocycles. The Kier molecular flexibility index (Phi) is 4.98. The Bertz CT molecular complexity index is 500. The van der Waals surface area contributed by atoms with Gasteiger partial charge in [0.15, 0.2) is 0 Å². The van der Waals surface area contributed by atoms with Crippen LogP contribution in [0.15, 0.2) is 4.52 Å². The van der Waals surface area contributed by atoms with Gasteiger partial charge in [-0.1, -0.05) is 5.16 Å². The van der Waals surface area contributed by atoms with Gasteiger partial charge in [-0.15, -0.1) is 0 Å². The van der Waals surface area contributed by atoms with Crippen LogP contribution in [0.3, 0.4) is 0 Å². The fourth-order valence-electron chi connectivity index (χ4n) is 2.39. The topological polar surface area (TPSA) is 72.6 Å². The van der Waals surface area contributed by atoms with Crippen molar-refractivity contribution in [3.05, 3.63) is 17.0 Å². The van der Waals surface area contributed by atoms with Gasteiger partial charge in [-0.05, 0) is 40.0 Å². The molecule has 1 aromatic heterocycles. The average molecular weight is 294 g/mol. The van der Waals surface area contributed by atoms with E-state index in [9.17, 15) is 9.59 Å². The van der Waals surface area contributed by atoms with Crippen molar-refractivity contribution in [2.45, 2.75) is 52.5 Å². The third kappa shape index (κ3) is 4.06. The largest absolute Gasteiger partial charge is 0.465 e. The van der Waals surface area contributed by atoms with Crippen LogP contribution in [0.4, 0.5) is 0 Å². The number of hydrogen-bond acceptors (Lipinski definition) is 5. The number of esters is 1. The van der Waals surface area contributed by atoms with E-state index in [1.165, 1.54) is 0 Å². The highest BCUT2D eigenvalue weighted by Crippen LogP contribution is 2.27. The molecule has 6 nitrogen and oxygen atoms in total. The van der Waals surface area contributed by atoms with Crippen molar-refractivity contribution in [1.82, 2.24) is 10.1 Å². The third-order valence-corrected chi connectivity index (χ3v) is 3.68. The van der Waals surface area contributed by atoms with Gasteiger partial charge in [-0.3, -0.25) is 9.59 Å². The van der Waals surface area contributed by atoms with E-state index in [1.807, 2.05) is 13.8 Å². The second kappa shape index (κ2) is 6.74. The smallest absolute Gasteiger partial charge is 0.325 e. The molecule has 1 aromatic rings. The highest BCUT2D eigenvalue weighted by molar-refractivity contribution is 5.82. The number of amides is 1. The van der Waals surface area contributed by atoms with E-state index in [0.29, 0.717) is 19.4 Å². The minimum Gasteiger partial charge on any atom is -0.465 e. The van der Waals surface area contributed by atoms with Gasteiger partial charge in [0.2, 0.25) is 5.91 Å². The Morgan fingerprint density at radius 1 is 1.38 bits per heavy atom. The molecule has 0 aliphatic heterocycles. The number of carbonyl (C=O) groups excluding carboxylic acids is 2. The van der Waals surface area contributed by atoms with E-state index in [2.05, 4.69) is 5.16 Å². The first-order valence-corrected chi connectivity index (χ1v) is 7.39. The van der Waals surface area contributed by atoms with Gasteiger partial charge in [0.25, 0.3) is 0 Å². The number of ether oxygens (including phenoxy) is 1. The van der Waals surface area contributed by atoms with Gasteiger partial charge in [0.05, 0.1) is 12.3 Å². The predicted molar refractivity (Wildman–Crippen MR) is 75.7 cm³/mol. The number of hydrogen-bond donors (Lipinski definition) is 0. The second-order valence-corrected chi connectivity index (χ2v) is 5.36. The van der Waals surface area contributed by atoms with Crippen molar-refractivity contribution in [3.63, 3.8) is 0 Å². The number of aryl methyl sites for hydroxylation is 2. The number of carbonyl (C=O) groups is 2. The van der Waals surface area contributed by atoms with Crippen LogP contribution in [0.1, 0.15) is 43.2 Å². The molecule has 0 spiro atoms. The van der Waals surface area contributed by atoms with Crippen LogP contribution >= 0.6 is 0 Å². The summed E-state index contributed by atoms with van der Waals surface area (Å²) in [5.41, 5.74) is 1.80. The lowest BCUT2D eigenvalue weighted by atomic mass is 10.1. The molecule has 1 saturated carbocycles. The van der Waals surface area contributed by atoms with Crippen molar-refractivity contribution in [3.8, 4) is 0 Å². The average Bonchev–Trinajstić information content (AvgIpc) is 3.22. The van der Waals surface area contributed by atoms with Crippen molar-refractivity contribution in [2.75, 3.05) is 13.2 Å². The summed E-state index contributed by atoms with van der Waals surface area (Å²) in [6.45, 7) is 5.87. The molecule has 6 heteroatoms. The second-order valence-electron chi connectivity index (χ2n) is 5.36. The molecule has 0 radical (unpaired) electrons. The lowest BCUT2D eigenvalue weighted by Gasteiger charge is -2.21. The Labute approximate surface area is 124 Å². The molecule has 0 atom stereocenters. The lowest BCUT2D eigenvalue weighted by Crippen LogP contribution is -2.38. The first-order valence-electron chi connectivity index (χ1n) is 7.39. The van der Waals surface area contributed by atoms with Gasteiger partial charge in [0.1, 0.15) is 12.3 Å². The van der Waals surface area contributed by atoms with Gasteiger partial charge in [-0.25, -0.2) is 0 Å². The maximum absolute atomic E-state index is 12.3. The van der Waals surface area contributed by atoms with Crippen LogP contribution in [-0.4, -0.2) is 41.1 Å². The van der Waals surface area contributed by atoms with Crippen molar-refractivity contribution in [2.24, 2.45) is 0 Å². The van der Waals surface area contributed by atoms with E-state index in [4.69, 9.17) is 9.26 Å². The van der Waals surface area contributed by atoms with Crippen LogP contribution in [0.2, 0.25) is 0 Å². The van der Waals surface area contributed by atoms with Crippen LogP contribution in [0.25, 0.3) is 0 Å². The molecule has 1 aliphatic rings. The Hall–Kier alpha value is -1.85. The molecule has 1 fully saturated rings. The zero-order chi connectivity index (χ0) is 15.4. The Morgan fingerprint density at radius 2 is 2.10 bits per heavy atom. The molecule has 2 rings (SSSR count). The monoisotopic (exact) mass is 294 g/mol. The molecule has 0 saturated heterocycles. The summed E-state index contributed by atoms with van der Waals surface area (Å²) in [4.78, 5) is 25.6. The van der Waals surface area contributed by atoms with Crippen LogP contribution < -0.4 is 0 Å². The molecule has 1 heterocycles. The summed E-state index contributed by atoms with van der Waals surface area (Å²) in [6.07, 6.45) is 2.89. The first kappa shape index (κ1) is 15.5. The summed E-state index contributed by atoms with van der Waals surface area (Å²) in [6, 6.07) is 0.201. The fourth-order valence-corrected chi connectivity index (χ4v) is 2.39. The summed E-state index contributed by atoms with van der Waals surface area (Å²) in [7, 11) is 0. The van der Waals surface area contributed by atoms with E-state index in [0.717, 1.165) is 29.9 Å². The van der Waals surface area contributed by atoms with E-state index in [-0.39, 0.29) is 24.5 Å². The van der Waals surface area contributed by atoms with Crippen molar-refractivity contribution < 1.29 is 18.8 Å². The molecular weight excluding hydrogens is 272 g/mol. The quantitative estimate of drug-likeness (QED) is 0.717. The summed E-state index contributed by atoms with van der Waals surface area (Å²) >= 11 is 0. The van der Waals surface area contributed by atoms with Gasteiger partial charge >= 0.3 is 5.97 Å². The van der Waals surface area contributed by atoms with E-state index >= 15 is 0 Å². The van der Waals surface area contributed by atoms with Gasteiger partial charge in [0, 0.05) is 18.0 Å². The Morgan fingerprint density at radius 3 is 2.62 bits per heavy atom. The SMILES string of the molecule is CCOC(=O)CN(C(=O)CCc1c(C)noc1C)C1CC1. The molecule has 0 aromatic carbocycles. The third-order valence-electron chi connectivity index (χ3n) is 3.68. The van der Waals surface area contributed by atoms with Gasteiger partial charge in [-0.2, -0.15) is 0 Å².